The first-order valence-corrected chi connectivity index (χ1v) is 7.16. The molecule has 1 aromatic rings. The van der Waals surface area contributed by atoms with Gasteiger partial charge in [0.15, 0.2) is 9.84 Å². The van der Waals surface area contributed by atoms with Crippen LogP contribution in [0.15, 0.2) is 6.07 Å². The molecule has 1 aromatic heterocycles. The van der Waals surface area contributed by atoms with Crippen molar-refractivity contribution in [2.45, 2.75) is 25.7 Å². The van der Waals surface area contributed by atoms with E-state index in [4.69, 9.17) is 5.73 Å². The third-order valence-electron chi connectivity index (χ3n) is 2.78. The number of anilines is 1. The van der Waals surface area contributed by atoms with Crippen molar-refractivity contribution >= 4 is 15.7 Å². The summed E-state index contributed by atoms with van der Waals surface area (Å²) in [5, 5.41) is 0. The van der Waals surface area contributed by atoms with E-state index in [-0.39, 0.29) is 17.4 Å². The summed E-state index contributed by atoms with van der Waals surface area (Å²) in [6.07, 6.45) is 1.38. The van der Waals surface area contributed by atoms with Gasteiger partial charge in [-0.3, -0.25) is 0 Å². The van der Waals surface area contributed by atoms with Gasteiger partial charge in [0, 0.05) is 17.7 Å². The first-order valence-electron chi connectivity index (χ1n) is 5.34. The minimum absolute atomic E-state index is 0.0844. The number of hydrogen-bond donors (Lipinski definition) is 1. The second-order valence-electron chi connectivity index (χ2n) is 4.10. The Hall–Kier alpha value is -1.17. The van der Waals surface area contributed by atoms with E-state index in [9.17, 15) is 8.42 Å². The summed E-state index contributed by atoms with van der Waals surface area (Å²) in [4.78, 5) is 8.48. The Bertz CT molecular complexity index is 499. The molecule has 6 heteroatoms. The fraction of sp³-hybridized carbons (Fsp3) is 0.600. The van der Waals surface area contributed by atoms with Gasteiger partial charge < -0.3 is 5.73 Å². The monoisotopic (exact) mass is 241 g/mol. The molecule has 16 heavy (non-hydrogen) atoms. The van der Waals surface area contributed by atoms with Crippen molar-refractivity contribution in [3.63, 3.8) is 0 Å². The lowest BCUT2D eigenvalue weighted by atomic mass is 10.1. The highest BCUT2D eigenvalue weighted by Gasteiger charge is 2.31. The summed E-state index contributed by atoms with van der Waals surface area (Å²) < 4.78 is 22.7. The summed E-state index contributed by atoms with van der Waals surface area (Å²) in [7, 11) is -2.90. The Morgan fingerprint density at radius 2 is 2.25 bits per heavy atom. The van der Waals surface area contributed by atoms with Gasteiger partial charge in [-0.25, -0.2) is 18.4 Å². The van der Waals surface area contributed by atoms with Gasteiger partial charge in [0.2, 0.25) is 0 Å². The molecule has 2 rings (SSSR count). The minimum Gasteiger partial charge on any atom is -0.384 e. The van der Waals surface area contributed by atoms with Gasteiger partial charge in [-0.2, -0.15) is 0 Å². The van der Waals surface area contributed by atoms with Crippen LogP contribution in [0.2, 0.25) is 0 Å². The van der Waals surface area contributed by atoms with Crippen molar-refractivity contribution in [1.82, 2.24) is 9.97 Å². The van der Waals surface area contributed by atoms with E-state index in [1.54, 1.807) is 6.07 Å². The first-order chi connectivity index (χ1) is 7.50. The highest BCUT2D eigenvalue weighted by atomic mass is 32.2. The van der Waals surface area contributed by atoms with Crippen LogP contribution in [0.1, 0.15) is 30.8 Å². The van der Waals surface area contributed by atoms with Crippen LogP contribution >= 0.6 is 0 Å². The predicted octanol–water partition coefficient (Wildman–Crippen LogP) is 0.523. The number of nitrogens with zero attached hydrogens (tertiary/aromatic N) is 2. The van der Waals surface area contributed by atoms with Crippen molar-refractivity contribution < 1.29 is 8.42 Å². The van der Waals surface area contributed by atoms with Gasteiger partial charge >= 0.3 is 0 Å². The molecule has 2 N–H and O–H groups in total. The smallest absolute Gasteiger partial charge is 0.151 e. The van der Waals surface area contributed by atoms with Crippen LogP contribution in [0, 0.1) is 0 Å². The van der Waals surface area contributed by atoms with E-state index in [2.05, 4.69) is 9.97 Å². The molecule has 0 spiro atoms. The molecular weight excluding hydrogens is 226 g/mol. The van der Waals surface area contributed by atoms with E-state index in [1.807, 2.05) is 6.92 Å². The Labute approximate surface area is 95.0 Å². The van der Waals surface area contributed by atoms with Gasteiger partial charge in [-0.1, -0.05) is 6.92 Å². The molecule has 1 atom stereocenters. The van der Waals surface area contributed by atoms with Crippen LogP contribution in [-0.4, -0.2) is 29.9 Å². The molecule has 0 aliphatic carbocycles. The van der Waals surface area contributed by atoms with Crippen LogP contribution in [0.3, 0.4) is 0 Å². The highest BCUT2D eigenvalue weighted by molar-refractivity contribution is 7.91. The lowest BCUT2D eigenvalue weighted by Crippen LogP contribution is -2.10. The average Bonchev–Trinajstić information content (AvgIpc) is 2.58. The quantitative estimate of drug-likeness (QED) is 0.816. The molecule has 2 heterocycles. The molecule has 0 aromatic carbocycles. The third kappa shape index (κ3) is 2.32. The molecule has 1 aliphatic rings. The fourth-order valence-electron chi connectivity index (χ4n) is 1.90. The standard InChI is InChI=1S/C10H15N3O2S/c1-2-8-5-9(11)13-10(12-8)7-3-4-16(14,15)6-7/h5,7H,2-4,6H2,1H3,(H2,11,12,13). The van der Waals surface area contributed by atoms with Crippen molar-refractivity contribution in [1.29, 1.82) is 0 Å². The number of aryl methyl sites for hydroxylation is 1. The fourth-order valence-corrected chi connectivity index (χ4v) is 3.64. The van der Waals surface area contributed by atoms with E-state index in [1.165, 1.54) is 0 Å². The zero-order chi connectivity index (χ0) is 11.8. The van der Waals surface area contributed by atoms with E-state index in [0.717, 1.165) is 12.1 Å². The molecule has 0 amide bonds. The molecule has 0 bridgehead atoms. The summed E-state index contributed by atoms with van der Waals surface area (Å²) >= 11 is 0. The summed E-state index contributed by atoms with van der Waals surface area (Å²) in [5.74, 6) is 1.31. The van der Waals surface area contributed by atoms with Crippen LogP contribution in [0.4, 0.5) is 5.82 Å². The largest absolute Gasteiger partial charge is 0.384 e. The molecule has 0 saturated carbocycles. The molecular formula is C10H15N3O2S. The maximum Gasteiger partial charge on any atom is 0.151 e. The number of sulfone groups is 1. The zero-order valence-electron chi connectivity index (χ0n) is 9.18. The van der Waals surface area contributed by atoms with Gasteiger partial charge in [-0.15, -0.1) is 0 Å². The van der Waals surface area contributed by atoms with E-state index in [0.29, 0.717) is 18.1 Å². The van der Waals surface area contributed by atoms with Crippen molar-refractivity contribution in [3.05, 3.63) is 17.6 Å². The molecule has 1 unspecified atom stereocenters. The van der Waals surface area contributed by atoms with Crippen molar-refractivity contribution in [2.75, 3.05) is 17.2 Å². The van der Waals surface area contributed by atoms with Crippen LogP contribution in [-0.2, 0) is 16.3 Å². The van der Waals surface area contributed by atoms with Crippen LogP contribution in [0.25, 0.3) is 0 Å². The lowest BCUT2D eigenvalue weighted by Gasteiger charge is -2.08. The number of nitrogen functional groups attached to an aromatic ring is 1. The molecule has 0 radical (unpaired) electrons. The Morgan fingerprint density at radius 1 is 1.50 bits per heavy atom. The third-order valence-corrected chi connectivity index (χ3v) is 4.54. The van der Waals surface area contributed by atoms with Crippen LogP contribution in [0.5, 0.6) is 0 Å². The lowest BCUT2D eigenvalue weighted by molar-refractivity contribution is 0.601. The van der Waals surface area contributed by atoms with Crippen molar-refractivity contribution in [2.24, 2.45) is 0 Å². The maximum atomic E-state index is 11.4. The summed E-state index contributed by atoms with van der Waals surface area (Å²) in [6.45, 7) is 1.98. The van der Waals surface area contributed by atoms with E-state index < -0.39 is 9.84 Å². The Kier molecular flexibility index (Phi) is 2.84. The highest BCUT2D eigenvalue weighted by Crippen LogP contribution is 2.27. The average molecular weight is 241 g/mol. The topological polar surface area (TPSA) is 85.9 Å². The number of aromatic nitrogens is 2. The van der Waals surface area contributed by atoms with Gasteiger partial charge in [0.05, 0.1) is 11.5 Å². The normalized spacial score (nSPS) is 23.4. The predicted molar refractivity (Wildman–Crippen MR) is 61.8 cm³/mol. The van der Waals surface area contributed by atoms with E-state index >= 15 is 0 Å². The van der Waals surface area contributed by atoms with Crippen molar-refractivity contribution in [3.8, 4) is 0 Å². The van der Waals surface area contributed by atoms with Gasteiger partial charge in [0.25, 0.3) is 0 Å². The maximum absolute atomic E-state index is 11.4. The Balaban J connectivity index is 2.31. The first kappa shape index (κ1) is 11.3. The second kappa shape index (κ2) is 4.01. The SMILES string of the molecule is CCc1cc(N)nc(C2CCS(=O)(=O)C2)n1. The van der Waals surface area contributed by atoms with Crippen LogP contribution < -0.4 is 5.73 Å². The molecule has 1 fully saturated rings. The molecule has 1 aliphatic heterocycles. The zero-order valence-corrected chi connectivity index (χ0v) is 10.00. The Morgan fingerprint density at radius 3 is 2.81 bits per heavy atom. The van der Waals surface area contributed by atoms with Gasteiger partial charge in [-0.05, 0) is 12.8 Å². The summed E-state index contributed by atoms with van der Waals surface area (Å²) in [5.41, 5.74) is 6.54. The second-order valence-corrected chi connectivity index (χ2v) is 6.32. The summed E-state index contributed by atoms with van der Waals surface area (Å²) in [6, 6.07) is 1.73. The van der Waals surface area contributed by atoms with Gasteiger partial charge in [0.1, 0.15) is 11.6 Å². The molecule has 88 valence electrons. The minimum atomic E-state index is -2.90. The number of rotatable bonds is 2. The molecule has 1 saturated heterocycles. The molecule has 5 nitrogen and oxygen atoms in total. The number of nitrogens with two attached hydrogens (primary N) is 1. The number of hydrogen-bond acceptors (Lipinski definition) is 5.